The number of halogens is 3. The normalized spacial score (nSPS) is 11.8. The second-order valence-electron chi connectivity index (χ2n) is 3.86. The number of benzene rings is 1. The van der Waals surface area contributed by atoms with Crippen LogP contribution in [-0.2, 0) is 12.6 Å². The monoisotopic (exact) mass is 255 g/mol. The Bertz CT molecular complexity index is 514. The van der Waals surface area contributed by atoms with Crippen molar-refractivity contribution >= 4 is 0 Å². The van der Waals surface area contributed by atoms with E-state index in [4.69, 9.17) is 5.73 Å². The summed E-state index contributed by atoms with van der Waals surface area (Å²) in [6.45, 7) is 0.472. The summed E-state index contributed by atoms with van der Waals surface area (Å²) in [5.41, 5.74) is 6.08. The Hall–Kier alpha value is -1.82. The van der Waals surface area contributed by atoms with Gasteiger partial charge in [0.15, 0.2) is 0 Å². The fourth-order valence-corrected chi connectivity index (χ4v) is 1.61. The molecule has 96 valence electrons. The Morgan fingerprint density at radius 3 is 2.39 bits per heavy atom. The van der Waals surface area contributed by atoms with Crippen LogP contribution >= 0.6 is 0 Å². The number of nitrogens with two attached hydrogens (primary N) is 1. The van der Waals surface area contributed by atoms with Crippen molar-refractivity contribution in [3.63, 3.8) is 0 Å². The molecule has 1 aromatic carbocycles. The van der Waals surface area contributed by atoms with Crippen LogP contribution in [0, 0.1) is 0 Å². The molecule has 0 saturated carbocycles. The van der Waals surface area contributed by atoms with Crippen molar-refractivity contribution in [3.8, 4) is 11.3 Å². The van der Waals surface area contributed by atoms with Crippen LogP contribution in [0.1, 0.15) is 11.4 Å². The van der Waals surface area contributed by atoms with Crippen LogP contribution in [0.25, 0.3) is 11.3 Å². The van der Waals surface area contributed by atoms with Gasteiger partial charge in [0.05, 0.1) is 17.5 Å². The number of imidazole rings is 1. The third-order valence-corrected chi connectivity index (χ3v) is 2.53. The van der Waals surface area contributed by atoms with E-state index in [2.05, 4.69) is 9.97 Å². The molecule has 0 radical (unpaired) electrons. The van der Waals surface area contributed by atoms with Crippen LogP contribution in [0.3, 0.4) is 0 Å². The van der Waals surface area contributed by atoms with Gasteiger partial charge in [0.25, 0.3) is 0 Å². The number of aromatic amines is 1. The van der Waals surface area contributed by atoms with E-state index >= 15 is 0 Å². The Labute approximate surface area is 102 Å². The lowest BCUT2D eigenvalue weighted by molar-refractivity contribution is -0.137. The number of H-pyrrole nitrogens is 1. The standard InChI is InChI=1S/C12H12F3N3/c13-12(14,15)9-3-1-8(2-4-9)10-7-17-11(18-10)5-6-16/h1-4,7H,5-6,16H2,(H,17,18). The summed E-state index contributed by atoms with van der Waals surface area (Å²) in [5, 5.41) is 0. The molecule has 0 unspecified atom stereocenters. The van der Waals surface area contributed by atoms with E-state index in [0.717, 1.165) is 18.0 Å². The van der Waals surface area contributed by atoms with Crippen molar-refractivity contribution in [2.75, 3.05) is 6.54 Å². The SMILES string of the molecule is NCCc1ncc(-c2ccc(C(F)(F)F)cc2)[nH]1. The van der Waals surface area contributed by atoms with Gasteiger partial charge in [-0.25, -0.2) is 4.98 Å². The van der Waals surface area contributed by atoms with Gasteiger partial charge in [-0.15, -0.1) is 0 Å². The molecule has 0 bridgehead atoms. The average molecular weight is 255 g/mol. The minimum absolute atomic E-state index is 0.472. The molecule has 0 saturated heterocycles. The molecule has 0 atom stereocenters. The van der Waals surface area contributed by atoms with Gasteiger partial charge in [-0.1, -0.05) is 12.1 Å². The van der Waals surface area contributed by atoms with Crippen LogP contribution < -0.4 is 5.73 Å². The summed E-state index contributed by atoms with van der Waals surface area (Å²) < 4.78 is 37.2. The van der Waals surface area contributed by atoms with E-state index in [9.17, 15) is 13.2 Å². The van der Waals surface area contributed by atoms with E-state index in [1.54, 1.807) is 6.20 Å². The molecule has 1 aromatic heterocycles. The van der Waals surface area contributed by atoms with Crippen molar-refractivity contribution in [2.45, 2.75) is 12.6 Å². The number of aromatic nitrogens is 2. The molecule has 0 aliphatic rings. The van der Waals surface area contributed by atoms with Crippen molar-refractivity contribution in [3.05, 3.63) is 41.9 Å². The van der Waals surface area contributed by atoms with Gasteiger partial charge >= 0.3 is 6.18 Å². The van der Waals surface area contributed by atoms with Crippen LogP contribution in [0.5, 0.6) is 0 Å². The molecular weight excluding hydrogens is 243 g/mol. The average Bonchev–Trinajstić information content (AvgIpc) is 2.77. The molecule has 3 N–H and O–H groups in total. The number of hydrogen-bond donors (Lipinski definition) is 2. The van der Waals surface area contributed by atoms with Crippen LogP contribution in [0.15, 0.2) is 30.5 Å². The molecule has 0 spiro atoms. The van der Waals surface area contributed by atoms with E-state index in [-0.39, 0.29) is 0 Å². The number of alkyl halides is 3. The third kappa shape index (κ3) is 2.70. The zero-order chi connectivity index (χ0) is 13.2. The van der Waals surface area contributed by atoms with Gasteiger partial charge in [0.2, 0.25) is 0 Å². The highest BCUT2D eigenvalue weighted by molar-refractivity contribution is 5.58. The van der Waals surface area contributed by atoms with Gasteiger partial charge in [-0.3, -0.25) is 0 Å². The minimum Gasteiger partial charge on any atom is -0.342 e. The first-order valence-electron chi connectivity index (χ1n) is 5.42. The maximum Gasteiger partial charge on any atom is 0.416 e. The second-order valence-corrected chi connectivity index (χ2v) is 3.86. The van der Waals surface area contributed by atoms with Gasteiger partial charge in [0.1, 0.15) is 5.82 Å². The molecule has 2 aromatic rings. The summed E-state index contributed by atoms with van der Waals surface area (Å²) >= 11 is 0. The Morgan fingerprint density at radius 1 is 1.17 bits per heavy atom. The fourth-order valence-electron chi connectivity index (χ4n) is 1.61. The first kappa shape index (κ1) is 12.6. The highest BCUT2D eigenvalue weighted by atomic mass is 19.4. The first-order valence-corrected chi connectivity index (χ1v) is 5.42. The van der Waals surface area contributed by atoms with Crippen molar-refractivity contribution in [1.29, 1.82) is 0 Å². The molecule has 3 nitrogen and oxygen atoms in total. The van der Waals surface area contributed by atoms with Crippen molar-refractivity contribution in [1.82, 2.24) is 9.97 Å². The molecular formula is C12H12F3N3. The zero-order valence-electron chi connectivity index (χ0n) is 9.46. The van der Waals surface area contributed by atoms with Gasteiger partial charge in [0, 0.05) is 6.42 Å². The molecule has 6 heteroatoms. The lowest BCUT2D eigenvalue weighted by Gasteiger charge is -2.06. The maximum absolute atomic E-state index is 12.4. The largest absolute Gasteiger partial charge is 0.416 e. The summed E-state index contributed by atoms with van der Waals surface area (Å²) in [7, 11) is 0. The van der Waals surface area contributed by atoms with E-state index in [1.807, 2.05) is 0 Å². The fraction of sp³-hybridized carbons (Fsp3) is 0.250. The molecule has 0 amide bonds. The molecule has 0 fully saturated rings. The lowest BCUT2D eigenvalue weighted by Crippen LogP contribution is -2.04. The second kappa shape index (κ2) is 4.81. The molecule has 18 heavy (non-hydrogen) atoms. The molecule has 0 aliphatic carbocycles. The summed E-state index contributed by atoms with van der Waals surface area (Å²) in [6, 6.07) is 4.95. The van der Waals surface area contributed by atoms with Crippen molar-refractivity contribution < 1.29 is 13.2 Å². The summed E-state index contributed by atoms with van der Waals surface area (Å²) in [5.74, 6) is 0.729. The molecule has 0 aliphatic heterocycles. The number of hydrogen-bond acceptors (Lipinski definition) is 2. The minimum atomic E-state index is -4.31. The van der Waals surface area contributed by atoms with Crippen LogP contribution in [0.4, 0.5) is 13.2 Å². The van der Waals surface area contributed by atoms with Crippen molar-refractivity contribution in [2.24, 2.45) is 5.73 Å². The van der Waals surface area contributed by atoms with Gasteiger partial charge < -0.3 is 10.7 Å². The smallest absolute Gasteiger partial charge is 0.342 e. The Kier molecular flexibility index (Phi) is 3.38. The van der Waals surface area contributed by atoms with Gasteiger partial charge in [-0.2, -0.15) is 13.2 Å². The summed E-state index contributed by atoms with van der Waals surface area (Å²) in [6.07, 6.45) is -2.11. The van der Waals surface area contributed by atoms with Crippen LogP contribution in [0.2, 0.25) is 0 Å². The quantitative estimate of drug-likeness (QED) is 0.885. The Balaban J connectivity index is 2.23. The summed E-state index contributed by atoms with van der Waals surface area (Å²) in [4.78, 5) is 7.11. The van der Waals surface area contributed by atoms with Crippen LogP contribution in [-0.4, -0.2) is 16.5 Å². The predicted molar refractivity (Wildman–Crippen MR) is 61.8 cm³/mol. The highest BCUT2D eigenvalue weighted by Gasteiger charge is 2.29. The highest BCUT2D eigenvalue weighted by Crippen LogP contribution is 2.30. The van der Waals surface area contributed by atoms with E-state index < -0.39 is 11.7 Å². The maximum atomic E-state index is 12.4. The first-order chi connectivity index (χ1) is 8.50. The number of nitrogens with zero attached hydrogens (tertiary/aromatic N) is 1. The molecule has 1 heterocycles. The van der Waals surface area contributed by atoms with Gasteiger partial charge in [-0.05, 0) is 24.2 Å². The van der Waals surface area contributed by atoms with E-state index in [1.165, 1.54) is 12.1 Å². The topological polar surface area (TPSA) is 54.7 Å². The third-order valence-electron chi connectivity index (χ3n) is 2.53. The molecule has 2 rings (SSSR count). The Morgan fingerprint density at radius 2 is 1.83 bits per heavy atom. The predicted octanol–water partition coefficient (Wildman–Crippen LogP) is 2.60. The number of nitrogens with one attached hydrogen (secondary N) is 1. The van der Waals surface area contributed by atoms with E-state index in [0.29, 0.717) is 24.2 Å². The lowest BCUT2D eigenvalue weighted by atomic mass is 10.1. The zero-order valence-corrected chi connectivity index (χ0v) is 9.46. The number of rotatable bonds is 3.